The van der Waals surface area contributed by atoms with Gasteiger partial charge in [0.1, 0.15) is 0 Å². The summed E-state index contributed by atoms with van der Waals surface area (Å²) in [5, 5.41) is 0. The molecule has 1 aliphatic rings. The third-order valence-corrected chi connectivity index (χ3v) is 1.87. The van der Waals surface area contributed by atoms with Crippen molar-refractivity contribution in [2.24, 2.45) is 11.5 Å². The van der Waals surface area contributed by atoms with Gasteiger partial charge in [-0.3, -0.25) is 0 Å². The molecule has 4 N–H and O–H groups in total. The summed E-state index contributed by atoms with van der Waals surface area (Å²) in [6.45, 7) is 0. The Morgan fingerprint density at radius 2 is 1.22 bits per heavy atom. The molecule has 0 spiro atoms. The minimum absolute atomic E-state index is 0. The van der Waals surface area contributed by atoms with Crippen LogP contribution in [0.5, 0.6) is 0 Å². The summed E-state index contributed by atoms with van der Waals surface area (Å²) in [6.07, 6.45) is 4.80. The summed E-state index contributed by atoms with van der Waals surface area (Å²) in [7, 11) is 0. The Morgan fingerprint density at radius 3 is 1.44 bits per heavy atom. The molecule has 3 heteroatoms. The molecular weight excluding hydrogens is 295 g/mol. The Kier molecular flexibility index (Phi) is 4.73. The minimum atomic E-state index is 0. The van der Waals surface area contributed by atoms with Crippen molar-refractivity contribution in [1.29, 1.82) is 0 Å². The van der Waals surface area contributed by atoms with Gasteiger partial charge in [-0.15, -0.1) is 0 Å². The minimum Gasteiger partial charge on any atom is -0.326 e. The second kappa shape index (κ2) is 4.43. The third-order valence-electron chi connectivity index (χ3n) is 1.87. The van der Waals surface area contributed by atoms with E-state index in [2.05, 4.69) is 0 Å². The van der Waals surface area contributed by atoms with Crippen molar-refractivity contribution in [2.75, 3.05) is 0 Å². The molecule has 0 aliphatic heterocycles. The van der Waals surface area contributed by atoms with Crippen LogP contribution < -0.4 is 11.5 Å². The molecule has 0 amide bonds. The average Bonchev–Trinajstić information content (AvgIpc) is 1.77. The molecule has 2 atom stereocenters. The maximum absolute atomic E-state index is 5.65. The van der Waals surface area contributed by atoms with E-state index in [9.17, 15) is 0 Å². The van der Waals surface area contributed by atoms with Gasteiger partial charge in [-0.05, 0) is 12.8 Å². The van der Waals surface area contributed by atoms with Gasteiger partial charge in [0.2, 0.25) is 0 Å². The van der Waals surface area contributed by atoms with Crippen molar-refractivity contribution in [3.8, 4) is 0 Å². The van der Waals surface area contributed by atoms with Crippen LogP contribution in [-0.2, 0) is 21.1 Å². The normalized spacial score (nSPS) is 35.3. The standard InChI is InChI=1S/C6H14N2.Pt/c7-5-3-1-2-4-6(5)8;/h5-6H,1-4,7-8H2;/t5-,6-;/m0./s1. The number of hydrogen-bond acceptors (Lipinski definition) is 2. The van der Waals surface area contributed by atoms with E-state index in [1.54, 1.807) is 0 Å². The molecular formula is C6H14N2Pt. The van der Waals surface area contributed by atoms with Gasteiger partial charge in [0, 0.05) is 33.1 Å². The molecule has 0 unspecified atom stereocenters. The number of nitrogens with two attached hydrogens (primary N) is 2. The molecule has 0 heterocycles. The van der Waals surface area contributed by atoms with Gasteiger partial charge >= 0.3 is 0 Å². The zero-order valence-corrected chi connectivity index (χ0v) is 7.73. The zero-order chi connectivity index (χ0) is 5.98. The van der Waals surface area contributed by atoms with Crippen LogP contribution >= 0.6 is 0 Å². The molecule has 58 valence electrons. The summed E-state index contributed by atoms with van der Waals surface area (Å²) in [4.78, 5) is 0. The van der Waals surface area contributed by atoms with Crippen LogP contribution in [0.25, 0.3) is 0 Å². The first-order valence-corrected chi connectivity index (χ1v) is 3.32. The molecule has 0 radical (unpaired) electrons. The Morgan fingerprint density at radius 1 is 0.889 bits per heavy atom. The van der Waals surface area contributed by atoms with Crippen molar-refractivity contribution in [3.05, 3.63) is 0 Å². The molecule has 2 nitrogen and oxygen atoms in total. The van der Waals surface area contributed by atoms with E-state index in [-0.39, 0.29) is 33.1 Å². The first-order chi connectivity index (χ1) is 3.80. The fraction of sp³-hybridized carbons (Fsp3) is 1.00. The van der Waals surface area contributed by atoms with Crippen LogP contribution in [0.4, 0.5) is 0 Å². The molecule has 0 aromatic rings. The first kappa shape index (κ1) is 9.61. The Balaban J connectivity index is 0.000000640. The van der Waals surface area contributed by atoms with E-state index in [0.29, 0.717) is 0 Å². The predicted octanol–water partition coefficient (Wildman–Crippen LogP) is 0.213. The van der Waals surface area contributed by atoms with Gasteiger partial charge in [0.05, 0.1) is 0 Å². The summed E-state index contributed by atoms with van der Waals surface area (Å²) in [5.41, 5.74) is 11.3. The topological polar surface area (TPSA) is 52.0 Å². The molecule has 0 aromatic heterocycles. The largest absolute Gasteiger partial charge is 0.326 e. The average molecular weight is 309 g/mol. The quantitative estimate of drug-likeness (QED) is 0.672. The molecule has 1 aliphatic carbocycles. The summed E-state index contributed by atoms with van der Waals surface area (Å²) in [5.74, 6) is 0. The van der Waals surface area contributed by atoms with E-state index in [4.69, 9.17) is 11.5 Å². The SMILES string of the molecule is N[C@H]1CCCC[C@@H]1N.[Pt]. The van der Waals surface area contributed by atoms with Crippen molar-refractivity contribution < 1.29 is 21.1 Å². The van der Waals surface area contributed by atoms with E-state index in [0.717, 1.165) is 12.8 Å². The molecule has 9 heavy (non-hydrogen) atoms. The van der Waals surface area contributed by atoms with E-state index >= 15 is 0 Å². The predicted molar refractivity (Wildman–Crippen MR) is 34.4 cm³/mol. The maximum Gasteiger partial charge on any atom is 0.0192 e. The van der Waals surface area contributed by atoms with Crippen molar-refractivity contribution in [2.45, 2.75) is 37.8 Å². The van der Waals surface area contributed by atoms with E-state index < -0.39 is 0 Å². The van der Waals surface area contributed by atoms with Crippen molar-refractivity contribution in [3.63, 3.8) is 0 Å². The van der Waals surface area contributed by atoms with Crippen LogP contribution in [0.2, 0.25) is 0 Å². The molecule has 1 fully saturated rings. The summed E-state index contributed by atoms with van der Waals surface area (Å²) < 4.78 is 0. The summed E-state index contributed by atoms with van der Waals surface area (Å²) in [6, 6.07) is 0.562. The van der Waals surface area contributed by atoms with Crippen molar-refractivity contribution in [1.82, 2.24) is 0 Å². The first-order valence-electron chi connectivity index (χ1n) is 3.32. The van der Waals surface area contributed by atoms with Crippen molar-refractivity contribution >= 4 is 0 Å². The molecule has 1 rings (SSSR count). The molecule has 0 saturated heterocycles. The molecule has 1 saturated carbocycles. The maximum atomic E-state index is 5.65. The van der Waals surface area contributed by atoms with Gasteiger partial charge in [-0.1, -0.05) is 12.8 Å². The van der Waals surface area contributed by atoms with Crippen LogP contribution in [0.1, 0.15) is 25.7 Å². The third kappa shape index (κ3) is 2.79. The van der Waals surface area contributed by atoms with Gasteiger partial charge in [0.15, 0.2) is 0 Å². The fourth-order valence-electron chi connectivity index (χ4n) is 1.19. The monoisotopic (exact) mass is 309 g/mol. The second-order valence-electron chi connectivity index (χ2n) is 2.61. The van der Waals surface area contributed by atoms with Gasteiger partial charge in [-0.2, -0.15) is 0 Å². The molecule has 0 aromatic carbocycles. The van der Waals surface area contributed by atoms with Crippen LogP contribution in [-0.4, -0.2) is 12.1 Å². The Hall–Kier alpha value is 0.608. The van der Waals surface area contributed by atoms with Crippen LogP contribution in [0.15, 0.2) is 0 Å². The van der Waals surface area contributed by atoms with Gasteiger partial charge < -0.3 is 11.5 Å². The van der Waals surface area contributed by atoms with Crippen LogP contribution in [0.3, 0.4) is 0 Å². The fourth-order valence-corrected chi connectivity index (χ4v) is 1.19. The summed E-state index contributed by atoms with van der Waals surface area (Å²) >= 11 is 0. The molecule has 0 bridgehead atoms. The number of rotatable bonds is 0. The van der Waals surface area contributed by atoms with Gasteiger partial charge in [-0.25, -0.2) is 0 Å². The van der Waals surface area contributed by atoms with E-state index in [1.807, 2.05) is 0 Å². The second-order valence-corrected chi connectivity index (χ2v) is 2.61. The van der Waals surface area contributed by atoms with Gasteiger partial charge in [0.25, 0.3) is 0 Å². The van der Waals surface area contributed by atoms with E-state index in [1.165, 1.54) is 12.8 Å². The number of hydrogen-bond donors (Lipinski definition) is 2. The van der Waals surface area contributed by atoms with Crippen LogP contribution in [0, 0.1) is 0 Å². The smallest absolute Gasteiger partial charge is 0.0192 e. The Bertz CT molecular complexity index is 67.5. The zero-order valence-electron chi connectivity index (χ0n) is 5.45. The Labute approximate surface area is 70.6 Å².